The van der Waals surface area contributed by atoms with Gasteiger partial charge in [-0.3, -0.25) is 4.79 Å². The van der Waals surface area contributed by atoms with Gasteiger partial charge in [0, 0.05) is 10.6 Å². The van der Waals surface area contributed by atoms with Gasteiger partial charge in [-0.05, 0) is 30.3 Å². The van der Waals surface area contributed by atoms with Gasteiger partial charge in [-0.25, -0.2) is 0 Å². The molecule has 0 fully saturated rings. The summed E-state index contributed by atoms with van der Waals surface area (Å²) in [6, 6.07) is 13.4. The van der Waals surface area contributed by atoms with E-state index in [0.29, 0.717) is 16.3 Å². The van der Waals surface area contributed by atoms with Gasteiger partial charge >= 0.3 is 5.97 Å². The van der Waals surface area contributed by atoms with Gasteiger partial charge in [0.1, 0.15) is 24.0 Å². The van der Waals surface area contributed by atoms with Crippen LogP contribution in [0.5, 0.6) is 11.5 Å². The fraction of sp³-hybridized carbons (Fsp3) is 0.188. The van der Waals surface area contributed by atoms with Crippen LogP contribution >= 0.6 is 11.6 Å². The Hall–Kier alpha value is -2.20. The van der Waals surface area contributed by atoms with E-state index in [2.05, 4.69) is 0 Å². The molecule has 0 radical (unpaired) electrons. The minimum absolute atomic E-state index is 0.0348. The van der Waals surface area contributed by atoms with Gasteiger partial charge < -0.3 is 14.6 Å². The van der Waals surface area contributed by atoms with Crippen LogP contribution in [0.4, 0.5) is 0 Å². The highest BCUT2D eigenvalue weighted by molar-refractivity contribution is 6.30. The molecule has 2 aromatic carbocycles. The average molecular weight is 307 g/mol. The van der Waals surface area contributed by atoms with Crippen LogP contribution in [0.1, 0.15) is 11.5 Å². The molecule has 0 heterocycles. The molecule has 4 nitrogen and oxygen atoms in total. The summed E-state index contributed by atoms with van der Waals surface area (Å²) < 4.78 is 10.4. The van der Waals surface area contributed by atoms with Crippen LogP contribution < -0.4 is 4.74 Å². The van der Waals surface area contributed by atoms with Crippen LogP contribution in [0.25, 0.3) is 0 Å². The Morgan fingerprint density at radius 3 is 2.48 bits per heavy atom. The summed E-state index contributed by atoms with van der Waals surface area (Å²) >= 11 is 5.80. The van der Waals surface area contributed by atoms with Gasteiger partial charge in [-0.2, -0.15) is 0 Å². The van der Waals surface area contributed by atoms with E-state index in [1.165, 1.54) is 13.2 Å². The summed E-state index contributed by atoms with van der Waals surface area (Å²) in [6.07, 6.45) is 0. The fourth-order valence-corrected chi connectivity index (χ4v) is 2.05. The zero-order valence-electron chi connectivity index (χ0n) is 11.5. The number of esters is 1. The van der Waals surface area contributed by atoms with E-state index >= 15 is 0 Å². The highest BCUT2D eigenvalue weighted by Gasteiger charge is 2.25. The molecule has 0 saturated heterocycles. The molecule has 0 aliphatic heterocycles. The van der Waals surface area contributed by atoms with E-state index in [-0.39, 0.29) is 12.4 Å². The largest absolute Gasteiger partial charge is 0.508 e. The maximum atomic E-state index is 11.9. The summed E-state index contributed by atoms with van der Waals surface area (Å²) in [5.41, 5.74) is 0.471. The third-order valence-electron chi connectivity index (χ3n) is 3.03. The molecule has 2 rings (SSSR count). The zero-order valence-corrected chi connectivity index (χ0v) is 12.2. The van der Waals surface area contributed by atoms with Gasteiger partial charge in [0.25, 0.3) is 0 Å². The van der Waals surface area contributed by atoms with E-state index in [1.54, 1.807) is 42.5 Å². The van der Waals surface area contributed by atoms with Crippen LogP contribution in [0.3, 0.4) is 0 Å². The highest BCUT2D eigenvalue weighted by atomic mass is 35.5. The minimum Gasteiger partial charge on any atom is -0.508 e. The Kier molecular flexibility index (Phi) is 5.06. The Morgan fingerprint density at radius 2 is 1.86 bits per heavy atom. The third-order valence-corrected chi connectivity index (χ3v) is 3.28. The summed E-state index contributed by atoms with van der Waals surface area (Å²) in [7, 11) is 1.30. The molecule has 2 aromatic rings. The Balaban J connectivity index is 2.16. The molecule has 0 aliphatic rings. The predicted octanol–water partition coefficient (Wildman–Crippen LogP) is 3.38. The maximum Gasteiger partial charge on any atom is 0.316 e. The summed E-state index contributed by atoms with van der Waals surface area (Å²) in [5.74, 6) is -0.548. The van der Waals surface area contributed by atoms with E-state index in [1.807, 2.05) is 0 Å². The van der Waals surface area contributed by atoms with Crippen LogP contribution in [-0.4, -0.2) is 24.8 Å². The number of hydrogen-bond acceptors (Lipinski definition) is 4. The van der Waals surface area contributed by atoms with Crippen LogP contribution in [0.2, 0.25) is 5.02 Å². The number of phenols is 1. The van der Waals surface area contributed by atoms with Crippen molar-refractivity contribution in [1.29, 1.82) is 0 Å². The first-order valence-corrected chi connectivity index (χ1v) is 6.73. The van der Waals surface area contributed by atoms with E-state index < -0.39 is 11.9 Å². The van der Waals surface area contributed by atoms with Crippen molar-refractivity contribution in [2.24, 2.45) is 0 Å². The van der Waals surface area contributed by atoms with Gasteiger partial charge in [-0.15, -0.1) is 0 Å². The minimum atomic E-state index is -0.702. The SMILES string of the molecule is COC(=O)C(COc1ccc(Cl)cc1)c1ccccc1O. The Bertz CT molecular complexity index is 610. The van der Waals surface area contributed by atoms with Crippen molar-refractivity contribution in [2.45, 2.75) is 5.92 Å². The molecule has 110 valence electrons. The van der Waals surface area contributed by atoms with Crippen molar-refractivity contribution in [3.8, 4) is 11.5 Å². The molecule has 21 heavy (non-hydrogen) atoms. The van der Waals surface area contributed by atoms with Gasteiger partial charge in [0.05, 0.1) is 7.11 Å². The number of para-hydroxylation sites is 1. The normalized spacial score (nSPS) is 11.7. The van der Waals surface area contributed by atoms with Crippen LogP contribution in [0.15, 0.2) is 48.5 Å². The monoisotopic (exact) mass is 306 g/mol. The third kappa shape index (κ3) is 3.89. The molecule has 0 aliphatic carbocycles. The first kappa shape index (κ1) is 15.2. The first-order valence-electron chi connectivity index (χ1n) is 6.36. The Labute approximate surface area is 127 Å². The van der Waals surface area contributed by atoms with Crippen molar-refractivity contribution in [2.75, 3.05) is 13.7 Å². The second kappa shape index (κ2) is 6.99. The number of ether oxygens (including phenoxy) is 2. The lowest BCUT2D eigenvalue weighted by Gasteiger charge is -2.17. The highest BCUT2D eigenvalue weighted by Crippen LogP contribution is 2.27. The molecule has 5 heteroatoms. The van der Waals surface area contributed by atoms with Crippen LogP contribution in [0, 0.1) is 0 Å². The van der Waals surface area contributed by atoms with Crippen LogP contribution in [-0.2, 0) is 9.53 Å². The second-order valence-corrected chi connectivity index (χ2v) is 4.84. The zero-order chi connectivity index (χ0) is 15.2. The van der Waals surface area contributed by atoms with E-state index in [9.17, 15) is 9.90 Å². The van der Waals surface area contributed by atoms with E-state index in [0.717, 1.165) is 0 Å². The lowest BCUT2D eigenvalue weighted by atomic mass is 9.99. The predicted molar refractivity (Wildman–Crippen MR) is 79.8 cm³/mol. The summed E-state index contributed by atoms with van der Waals surface area (Å²) in [6.45, 7) is 0.0614. The van der Waals surface area contributed by atoms with Crippen molar-refractivity contribution in [1.82, 2.24) is 0 Å². The molecule has 0 amide bonds. The van der Waals surface area contributed by atoms with Crippen molar-refractivity contribution in [3.05, 3.63) is 59.1 Å². The smallest absolute Gasteiger partial charge is 0.316 e. The van der Waals surface area contributed by atoms with Crippen molar-refractivity contribution < 1.29 is 19.4 Å². The quantitative estimate of drug-likeness (QED) is 0.860. The molecule has 0 spiro atoms. The topological polar surface area (TPSA) is 55.8 Å². The molecule has 1 N–H and O–H groups in total. The van der Waals surface area contributed by atoms with Gasteiger partial charge in [0.2, 0.25) is 0 Å². The molecule has 1 atom stereocenters. The Morgan fingerprint density at radius 1 is 1.19 bits per heavy atom. The van der Waals surface area contributed by atoms with Gasteiger partial charge in [-0.1, -0.05) is 29.8 Å². The summed E-state index contributed by atoms with van der Waals surface area (Å²) in [4.78, 5) is 11.9. The number of rotatable bonds is 5. The van der Waals surface area contributed by atoms with Crippen molar-refractivity contribution in [3.63, 3.8) is 0 Å². The number of carbonyl (C=O) groups excluding carboxylic acids is 1. The average Bonchev–Trinajstić information content (AvgIpc) is 2.50. The first-order chi connectivity index (χ1) is 10.1. The standard InChI is InChI=1S/C16H15ClO4/c1-20-16(19)14(13-4-2-3-5-15(13)18)10-21-12-8-6-11(17)7-9-12/h2-9,14,18H,10H2,1H3. The molecular formula is C16H15ClO4. The number of phenolic OH excluding ortho intramolecular Hbond substituents is 1. The van der Waals surface area contributed by atoms with Gasteiger partial charge in [0.15, 0.2) is 0 Å². The second-order valence-electron chi connectivity index (χ2n) is 4.40. The number of methoxy groups -OCH3 is 1. The van der Waals surface area contributed by atoms with E-state index in [4.69, 9.17) is 21.1 Å². The number of carbonyl (C=O) groups is 1. The molecule has 0 saturated carbocycles. The number of benzene rings is 2. The molecule has 0 aromatic heterocycles. The molecular weight excluding hydrogens is 292 g/mol. The number of aromatic hydroxyl groups is 1. The number of halogens is 1. The fourth-order valence-electron chi connectivity index (χ4n) is 1.92. The lowest BCUT2D eigenvalue weighted by molar-refractivity contribution is -0.143. The summed E-state index contributed by atoms with van der Waals surface area (Å²) in [5, 5.41) is 10.5. The lowest BCUT2D eigenvalue weighted by Crippen LogP contribution is -2.21. The number of hydrogen-bond donors (Lipinski definition) is 1. The van der Waals surface area contributed by atoms with Crippen molar-refractivity contribution >= 4 is 17.6 Å². The molecule has 0 bridgehead atoms. The molecule has 1 unspecified atom stereocenters. The maximum absolute atomic E-state index is 11.9.